The molecule has 0 saturated carbocycles. The van der Waals surface area contributed by atoms with Crippen LogP contribution < -0.4 is 0 Å². The van der Waals surface area contributed by atoms with Gasteiger partial charge in [0, 0.05) is 13.2 Å². The van der Waals surface area contributed by atoms with E-state index < -0.39 is 0 Å². The number of rotatable bonds is 5. The molecular formula is C11H26O3. The molecule has 0 fully saturated rings. The maximum atomic E-state index is 8.00. The predicted octanol–water partition coefficient (Wildman–Crippen LogP) is 3.03. The van der Waals surface area contributed by atoms with Crippen LogP contribution in [0.3, 0.4) is 0 Å². The number of unbranched alkanes of at least 4 members (excludes halogenated alkanes) is 1. The molecule has 3 heteroatoms. The van der Waals surface area contributed by atoms with Crippen molar-refractivity contribution in [3.8, 4) is 0 Å². The Morgan fingerprint density at radius 1 is 0.929 bits per heavy atom. The molecule has 0 aromatic carbocycles. The minimum absolute atomic E-state index is 0.0370. The lowest BCUT2D eigenvalue weighted by atomic mass is 10.4. The van der Waals surface area contributed by atoms with Gasteiger partial charge >= 0.3 is 0 Å². The van der Waals surface area contributed by atoms with Crippen LogP contribution in [-0.2, 0) is 14.3 Å². The molecule has 0 rings (SSSR count). The SMILES string of the molecule is C=O.CCCC.CCOC(C)OCC. The van der Waals surface area contributed by atoms with Crippen molar-refractivity contribution >= 4 is 6.79 Å². The van der Waals surface area contributed by atoms with Gasteiger partial charge < -0.3 is 14.3 Å². The number of carbonyl (C=O) groups is 1. The first kappa shape index (κ1) is 19.2. The first-order valence-corrected chi connectivity index (χ1v) is 5.24. The van der Waals surface area contributed by atoms with Crippen LogP contribution in [0.25, 0.3) is 0 Å². The third kappa shape index (κ3) is 29.9. The van der Waals surface area contributed by atoms with E-state index in [1.165, 1.54) is 12.8 Å². The zero-order chi connectivity index (χ0) is 11.8. The average Bonchev–Trinajstić information content (AvgIpc) is 2.22. The van der Waals surface area contributed by atoms with Gasteiger partial charge in [-0.05, 0) is 20.8 Å². The summed E-state index contributed by atoms with van der Waals surface area (Å²) in [6.45, 7) is 13.6. The van der Waals surface area contributed by atoms with Gasteiger partial charge in [-0.1, -0.05) is 26.7 Å². The Labute approximate surface area is 88.8 Å². The number of carbonyl (C=O) groups excluding carboxylic acids is 1. The highest BCUT2D eigenvalue weighted by atomic mass is 16.7. The van der Waals surface area contributed by atoms with Crippen molar-refractivity contribution in [2.75, 3.05) is 13.2 Å². The van der Waals surface area contributed by atoms with E-state index in [0.29, 0.717) is 0 Å². The van der Waals surface area contributed by atoms with E-state index in [9.17, 15) is 0 Å². The molecule has 0 unspecified atom stereocenters. The molecule has 0 radical (unpaired) electrons. The lowest BCUT2D eigenvalue weighted by Crippen LogP contribution is -2.11. The van der Waals surface area contributed by atoms with Crippen LogP contribution in [0.5, 0.6) is 0 Å². The molecular weight excluding hydrogens is 180 g/mol. The summed E-state index contributed by atoms with van der Waals surface area (Å²) in [7, 11) is 0. The number of hydrogen-bond acceptors (Lipinski definition) is 3. The maximum Gasteiger partial charge on any atom is 0.154 e. The zero-order valence-corrected chi connectivity index (χ0v) is 10.3. The molecule has 0 spiro atoms. The largest absolute Gasteiger partial charge is 0.353 e. The second-order valence-electron chi connectivity index (χ2n) is 2.48. The summed E-state index contributed by atoms with van der Waals surface area (Å²) in [6, 6.07) is 0. The quantitative estimate of drug-likeness (QED) is 0.649. The Hall–Kier alpha value is -0.410. The fourth-order valence-electron chi connectivity index (χ4n) is 0.518. The molecule has 3 nitrogen and oxygen atoms in total. The first-order chi connectivity index (χ1) is 6.72. The summed E-state index contributed by atoms with van der Waals surface area (Å²) >= 11 is 0. The molecule has 0 N–H and O–H groups in total. The van der Waals surface area contributed by atoms with Gasteiger partial charge in [0.1, 0.15) is 6.79 Å². The summed E-state index contributed by atoms with van der Waals surface area (Å²) < 4.78 is 10.1. The van der Waals surface area contributed by atoms with Crippen LogP contribution in [0.1, 0.15) is 47.5 Å². The van der Waals surface area contributed by atoms with Crippen molar-refractivity contribution in [3.05, 3.63) is 0 Å². The Kier molecular flexibility index (Phi) is 31.4. The molecule has 0 aliphatic rings. The monoisotopic (exact) mass is 206 g/mol. The minimum atomic E-state index is -0.0370. The summed E-state index contributed by atoms with van der Waals surface area (Å²) in [5.41, 5.74) is 0. The van der Waals surface area contributed by atoms with Gasteiger partial charge in [0.15, 0.2) is 6.29 Å². The van der Waals surface area contributed by atoms with Gasteiger partial charge in [-0.3, -0.25) is 0 Å². The molecule has 88 valence electrons. The third-order valence-corrected chi connectivity index (χ3v) is 1.30. The van der Waals surface area contributed by atoms with E-state index in [0.717, 1.165) is 13.2 Å². The molecule has 0 heterocycles. The van der Waals surface area contributed by atoms with Crippen LogP contribution in [-0.4, -0.2) is 26.3 Å². The van der Waals surface area contributed by atoms with Crippen molar-refractivity contribution in [1.29, 1.82) is 0 Å². The van der Waals surface area contributed by atoms with Gasteiger partial charge in [-0.2, -0.15) is 0 Å². The maximum absolute atomic E-state index is 8.00. The number of ether oxygens (including phenoxy) is 2. The highest BCUT2D eigenvalue weighted by molar-refractivity contribution is 5.10. The van der Waals surface area contributed by atoms with Crippen LogP contribution in [0.15, 0.2) is 0 Å². The molecule has 0 aromatic heterocycles. The van der Waals surface area contributed by atoms with E-state index in [1.807, 2.05) is 27.6 Å². The standard InChI is InChI=1S/C6H14O2.C4H10.CH2O/c1-4-7-6(3)8-5-2;1-3-4-2;1-2/h6H,4-5H2,1-3H3;3-4H2,1-2H3;1H2. The smallest absolute Gasteiger partial charge is 0.154 e. The van der Waals surface area contributed by atoms with Crippen molar-refractivity contribution in [2.45, 2.75) is 53.8 Å². The van der Waals surface area contributed by atoms with Crippen molar-refractivity contribution < 1.29 is 14.3 Å². The Bertz CT molecular complexity index is 68.9. The Morgan fingerprint density at radius 2 is 1.21 bits per heavy atom. The summed E-state index contributed by atoms with van der Waals surface area (Å²) in [6.07, 6.45) is 2.60. The molecule has 0 aliphatic heterocycles. The van der Waals surface area contributed by atoms with Crippen LogP contribution in [0, 0.1) is 0 Å². The second-order valence-corrected chi connectivity index (χ2v) is 2.48. The molecule has 0 aliphatic carbocycles. The predicted molar refractivity (Wildman–Crippen MR) is 60.4 cm³/mol. The Morgan fingerprint density at radius 3 is 1.36 bits per heavy atom. The first-order valence-electron chi connectivity index (χ1n) is 5.24. The molecule has 0 bridgehead atoms. The fourth-order valence-corrected chi connectivity index (χ4v) is 0.518. The molecule has 14 heavy (non-hydrogen) atoms. The van der Waals surface area contributed by atoms with Crippen LogP contribution in [0.2, 0.25) is 0 Å². The van der Waals surface area contributed by atoms with Crippen molar-refractivity contribution in [1.82, 2.24) is 0 Å². The van der Waals surface area contributed by atoms with Gasteiger partial charge in [0.25, 0.3) is 0 Å². The third-order valence-electron chi connectivity index (χ3n) is 1.30. The highest BCUT2D eigenvalue weighted by Gasteiger charge is 1.94. The fraction of sp³-hybridized carbons (Fsp3) is 0.909. The lowest BCUT2D eigenvalue weighted by molar-refractivity contribution is -0.123. The van der Waals surface area contributed by atoms with Crippen molar-refractivity contribution in [2.24, 2.45) is 0 Å². The number of hydrogen-bond donors (Lipinski definition) is 0. The second kappa shape index (κ2) is 22.9. The molecule has 0 amide bonds. The van der Waals surface area contributed by atoms with E-state index in [1.54, 1.807) is 0 Å². The van der Waals surface area contributed by atoms with Crippen LogP contribution in [0.4, 0.5) is 0 Å². The van der Waals surface area contributed by atoms with Crippen LogP contribution >= 0.6 is 0 Å². The lowest BCUT2D eigenvalue weighted by Gasteiger charge is -2.09. The van der Waals surface area contributed by atoms with Gasteiger partial charge in [0.05, 0.1) is 0 Å². The minimum Gasteiger partial charge on any atom is -0.353 e. The normalized spacial score (nSPS) is 8.43. The van der Waals surface area contributed by atoms with Crippen molar-refractivity contribution in [3.63, 3.8) is 0 Å². The van der Waals surface area contributed by atoms with E-state index in [2.05, 4.69) is 13.8 Å². The molecule has 0 atom stereocenters. The highest BCUT2D eigenvalue weighted by Crippen LogP contribution is 1.90. The summed E-state index contributed by atoms with van der Waals surface area (Å²) in [5.74, 6) is 0. The molecule has 0 aromatic rings. The summed E-state index contributed by atoms with van der Waals surface area (Å²) in [4.78, 5) is 8.00. The summed E-state index contributed by atoms with van der Waals surface area (Å²) in [5, 5.41) is 0. The molecule has 0 saturated heterocycles. The van der Waals surface area contributed by atoms with Gasteiger partial charge in [-0.25, -0.2) is 0 Å². The average molecular weight is 206 g/mol. The van der Waals surface area contributed by atoms with E-state index in [-0.39, 0.29) is 6.29 Å². The van der Waals surface area contributed by atoms with E-state index >= 15 is 0 Å². The van der Waals surface area contributed by atoms with Gasteiger partial charge in [-0.15, -0.1) is 0 Å². The van der Waals surface area contributed by atoms with E-state index in [4.69, 9.17) is 14.3 Å². The Balaban J connectivity index is -0.000000170. The zero-order valence-electron chi connectivity index (χ0n) is 10.3. The van der Waals surface area contributed by atoms with Gasteiger partial charge in [0.2, 0.25) is 0 Å². The topological polar surface area (TPSA) is 35.5 Å².